The molecule has 0 aromatic heterocycles. The van der Waals surface area contributed by atoms with Gasteiger partial charge in [-0.3, -0.25) is 4.90 Å². The average Bonchev–Trinajstić information content (AvgIpc) is 2.73. The van der Waals surface area contributed by atoms with Gasteiger partial charge in [0.2, 0.25) is 0 Å². The molecule has 4 nitrogen and oxygen atoms in total. The van der Waals surface area contributed by atoms with E-state index >= 15 is 0 Å². The van der Waals surface area contributed by atoms with Crippen molar-refractivity contribution in [3.8, 4) is 0 Å². The maximum Gasteiger partial charge on any atom is 0.412 e. The van der Waals surface area contributed by atoms with Crippen LogP contribution in [0.1, 0.15) is 26.3 Å². The molecule has 0 N–H and O–H groups in total. The lowest BCUT2D eigenvalue weighted by molar-refractivity contribution is -0.0479. The van der Waals surface area contributed by atoms with Gasteiger partial charge >= 0.3 is 6.09 Å². The summed E-state index contributed by atoms with van der Waals surface area (Å²) in [6.45, 7) is 6.45. The molecule has 0 saturated carbocycles. The lowest BCUT2D eigenvalue weighted by Gasteiger charge is -2.31. The van der Waals surface area contributed by atoms with E-state index in [0.717, 1.165) is 5.56 Å². The number of hydrogen-bond donors (Lipinski definition) is 0. The van der Waals surface area contributed by atoms with E-state index in [1.807, 2.05) is 63.3 Å². The van der Waals surface area contributed by atoms with E-state index in [1.165, 1.54) is 0 Å². The van der Waals surface area contributed by atoms with Crippen LogP contribution in [0.15, 0.2) is 42.5 Å². The first-order valence-electron chi connectivity index (χ1n) is 6.81. The Morgan fingerprint density at radius 1 is 1.45 bits per heavy atom. The highest BCUT2D eigenvalue weighted by molar-refractivity contribution is 5.69. The van der Waals surface area contributed by atoms with Gasteiger partial charge in [0.1, 0.15) is 12.3 Å². The van der Waals surface area contributed by atoms with Crippen LogP contribution in [0.2, 0.25) is 0 Å². The van der Waals surface area contributed by atoms with Crippen LogP contribution in [0, 0.1) is 0 Å². The monoisotopic (exact) mass is 275 g/mol. The van der Waals surface area contributed by atoms with Crippen molar-refractivity contribution in [1.82, 2.24) is 4.90 Å². The van der Waals surface area contributed by atoms with Crippen LogP contribution in [0.5, 0.6) is 0 Å². The second-order valence-corrected chi connectivity index (χ2v) is 5.26. The Balaban J connectivity index is 2.02. The highest BCUT2D eigenvalue weighted by atomic mass is 16.6. The third kappa shape index (κ3) is 3.20. The summed E-state index contributed by atoms with van der Waals surface area (Å²) < 4.78 is 11.1. The van der Waals surface area contributed by atoms with E-state index in [4.69, 9.17) is 9.47 Å². The number of allylic oxidation sites excluding steroid dienone is 1. The molecular weight excluding hydrogens is 254 g/mol. The maximum atomic E-state index is 12.3. The topological polar surface area (TPSA) is 38.8 Å². The van der Waals surface area contributed by atoms with Gasteiger partial charge in [0.15, 0.2) is 0 Å². The fraction of sp³-hybridized carbons (Fsp3) is 0.438. The van der Waals surface area contributed by atoms with Crippen LogP contribution in [-0.4, -0.2) is 29.4 Å². The Morgan fingerprint density at radius 3 is 2.80 bits per heavy atom. The van der Waals surface area contributed by atoms with Gasteiger partial charge in [-0.25, -0.2) is 4.79 Å². The van der Waals surface area contributed by atoms with Crippen molar-refractivity contribution in [2.24, 2.45) is 0 Å². The summed E-state index contributed by atoms with van der Waals surface area (Å²) in [7, 11) is 0. The maximum absolute atomic E-state index is 12.3. The zero-order chi connectivity index (χ0) is 14.6. The van der Waals surface area contributed by atoms with Crippen LogP contribution in [0.4, 0.5) is 4.79 Å². The fourth-order valence-corrected chi connectivity index (χ4v) is 2.34. The van der Waals surface area contributed by atoms with Crippen molar-refractivity contribution in [1.29, 1.82) is 0 Å². The normalized spacial score (nSPS) is 21.4. The van der Waals surface area contributed by atoms with Gasteiger partial charge in [-0.2, -0.15) is 0 Å². The number of nitrogens with zero attached hydrogens (tertiary/aromatic N) is 1. The average molecular weight is 275 g/mol. The molecule has 0 unspecified atom stereocenters. The summed E-state index contributed by atoms with van der Waals surface area (Å²) >= 11 is 0. The molecule has 0 bridgehead atoms. The van der Waals surface area contributed by atoms with Gasteiger partial charge in [-0.15, -0.1) is 0 Å². The van der Waals surface area contributed by atoms with E-state index < -0.39 is 5.72 Å². The van der Waals surface area contributed by atoms with Gasteiger partial charge in [-0.05, 0) is 26.3 Å². The number of rotatable bonds is 3. The minimum absolute atomic E-state index is 0.0710. The minimum Gasteiger partial charge on any atom is -0.444 e. The van der Waals surface area contributed by atoms with E-state index in [0.29, 0.717) is 6.61 Å². The smallest absolute Gasteiger partial charge is 0.412 e. The zero-order valence-electron chi connectivity index (χ0n) is 12.2. The first-order chi connectivity index (χ1) is 9.54. The molecule has 0 radical (unpaired) electrons. The Labute approximate surface area is 120 Å². The van der Waals surface area contributed by atoms with Crippen LogP contribution in [0.25, 0.3) is 0 Å². The van der Waals surface area contributed by atoms with Crippen molar-refractivity contribution < 1.29 is 14.3 Å². The summed E-state index contributed by atoms with van der Waals surface area (Å²) in [5, 5.41) is 0. The summed E-state index contributed by atoms with van der Waals surface area (Å²) in [6, 6.07) is 9.58. The van der Waals surface area contributed by atoms with Crippen LogP contribution in [-0.2, 0) is 16.1 Å². The standard InChI is InChI=1S/C16H21NO3/c1-4-8-14-12-20-16(2,3)17(14)15(18)19-11-13-9-6-5-7-10-13/h4-10,14H,11-12H2,1-3H3/b8-4-/t14-/m1/s1. The minimum atomic E-state index is -0.641. The number of ether oxygens (including phenoxy) is 2. The largest absolute Gasteiger partial charge is 0.444 e. The first-order valence-corrected chi connectivity index (χ1v) is 6.81. The molecular formula is C16H21NO3. The molecule has 1 saturated heterocycles. The lowest BCUT2D eigenvalue weighted by Crippen LogP contribution is -2.47. The van der Waals surface area contributed by atoms with E-state index in [1.54, 1.807) is 4.90 Å². The highest BCUT2D eigenvalue weighted by Gasteiger charge is 2.43. The predicted octanol–water partition coefficient (Wildman–Crippen LogP) is 3.34. The van der Waals surface area contributed by atoms with Gasteiger partial charge in [-0.1, -0.05) is 42.5 Å². The van der Waals surface area contributed by atoms with Crippen molar-refractivity contribution >= 4 is 6.09 Å². The van der Waals surface area contributed by atoms with Crippen molar-refractivity contribution in [3.63, 3.8) is 0 Å². The van der Waals surface area contributed by atoms with Gasteiger partial charge in [0.05, 0.1) is 12.6 Å². The molecule has 1 aromatic rings. The summed E-state index contributed by atoms with van der Waals surface area (Å²) in [4.78, 5) is 14.0. The molecule has 4 heteroatoms. The SMILES string of the molecule is C/C=C\[C@@H]1COC(C)(C)N1C(=O)OCc1ccccc1. The number of amides is 1. The van der Waals surface area contributed by atoms with E-state index in [2.05, 4.69) is 0 Å². The van der Waals surface area contributed by atoms with E-state index in [-0.39, 0.29) is 18.7 Å². The Hall–Kier alpha value is -1.81. The second kappa shape index (κ2) is 6.09. The molecule has 1 fully saturated rings. The van der Waals surface area contributed by atoms with Crippen LogP contribution >= 0.6 is 0 Å². The van der Waals surface area contributed by atoms with Crippen molar-refractivity contribution in [2.45, 2.75) is 39.1 Å². The third-order valence-corrected chi connectivity index (χ3v) is 3.34. The summed E-state index contributed by atoms with van der Waals surface area (Å²) in [5.41, 5.74) is 0.333. The zero-order valence-corrected chi connectivity index (χ0v) is 12.2. The molecule has 108 valence electrons. The number of hydrogen-bond acceptors (Lipinski definition) is 3. The van der Waals surface area contributed by atoms with E-state index in [9.17, 15) is 4.79 Å². The quantitative estimate of drug-likeness (QED) is 0.794. The van der Waals surface area contributed by atoms with Gasteiger partial charge < -0.3 is 9.47 Å². The van der Waals surface area contributed by atoms with Gasteiger partial charge in [0.25, 0.3) is 0 Å². The predicted molar refractivity (Wildman–Crippen MR) is 77.1 cm³/mol. The summed E-state index contributed by atoms with van der Waals surface area (Å²) in [5.74, 6) is 0. The molecule has 1 aliphatic rings. The number of benzene rings is 1. The molecule has 0 aliphatic carbocycles. The Bertz CT molecular complexity index is 482. The molecule has 1 aromatic carbocycles. The first kappa shape index (κ1) is 14.6. The second-order valence-electron chi connectivity index (χ2n) is 5.26. The lowest BCUT2D eigenvalue weighted by atomic mass is 10.2. The van der Waals surface area contributed by atoms with Crippen LogP contribution in [0.3, 0.4) is 0 Å². The number of carbonyl (C=O) groups excluding carboxylic acids is 1. The van der Waals surface area contributed by atoms with Crippen molar-refractivity contribution in [2.75, 3.05) is 6.61 Å². The summed E-state index contributed by atoms with van der Waals surface area (Å²) in [6.07, 6.45) is 3.53. The molecule has 1 amide bonds. The molecule has 1 heterocycles. The fourth-order valence-electron chi connectivity index (χ4n) is 2.34. The number of carbonyl (C=O) groups is 1. The molecule has 0 spiro atoms. The van der Waals surface area contributed by atoms with Crippen molar-refractivity contribution in [3.05, 3.63) is 48.0 Å². The Kier molecular flexibility index (Phi) is 4.45. The third-order valence-electron chi connectivity index (χ3n) is 3.34. The Morgan fingerprint density at radius 2 is 2.15 bits per heavy atom. The molecule has 1 atom stereocenters. The van der Waals surface area contributed by atoms with Gasteiger partial charge in [0, 0.05) is 0 Å². The molecule has 1 aliphatic heterocycles. The highest BCUT2D eigenvalue weighted by Crippen LogP contribution is 2.28. The molecule has 20 heavy (non-hydrogen) atoms. The van der Waals surface area contributed by atoms with Crippen LogP contribution < -0.4 is 0 Å². The molecule has 2 rings (SSSR count).